The Kier molecular flexibility index (Phi) is 4.00. The van der Waals surface area contributed by atoms with Gasteiger partial charge in [-0.15, -0.1) is 0 Å². The summed E-state index contributed by atoms with van der Waals surface area (Å²) in [5, 5.41) is 10.5. The lowest BCUT2D eigenvalue weighted by atomic mass is 9.81. The van der Waals surface area contributed by atoms with Crippen molar-refractivity contribution in [3.63, 3.8) is 0 Å². The molecule has 1 N–H and O–H groups in total. The van der Waals surface area contributed by atoms with Gasteiger partial charge in [-0.3, -0.25) is 0 Å². The van der Waals surface area contributed by atoms with Crippen molar-refractivity contribution >= 4 is 11.9 Å². The summed E-state index contributed by atoms with van der Waals surface area (Å²) in [6.45, 7) is 17.1. The highest BCUT2D eigenvalue weighted by Crippen LogP contribution is 2.52. The fourth-order valence-electron chi connectivity index (χ4n) is 4.12. The van der Waals surface area contributed by atoms with Crippen molar-refractivity contribution in [2.45, 2.75) is 38.1 Å². The molecule has 2 aliphatic carbocycles. The fourth-order valence-corrected chi connectivity index (χ4v) is 4.12. The van der Waals surface area contributed by atoms with Gasteiger partial charge in [-0.2, -0.15) is 0 Å². The van der Waals surface area contributed by atoms with Crippen LogP contribution in [0.1, 0.15) is 19.8 Å². The van der Waals surface area contributed by atoms with E-state index in [1.165, 1.54) is 0 Å². The quantitative estimate of drug-likeness (QED) is 0.477. The summed E-state index contributed by atoms with van der Waals surface area (Å²) in [7, 11) is 0. The van der Waals surface area contributed by atoms with E-state index >= 15 is 0 Å². The first-order valence-corrected chi connectivity index (χ1v) is 8.03. The van der Waals surface area contributed by atoms with Gasteiger partial charge in [0.15, 0.2) is 0 Å². The lowest BCUT2D eigenvalue weighted by Gasteiger charge is -2.27. The molecular formula is C19H22O5. The SMILES string of the molecule is C=C(C)C(=O)O[C@H]1C[C@H]2C(=C)C[C@H](O)[C@H]3C(=C)C(=O)O[C@@H]3[C@H]2C1=C. The summed E-state index contributed by atoms with van der Waals surface area (Å²) in [6.07, 6.45) is -0.862. The first kappa shape index (κ1) is 16.7. The van der Waals surface area contributed by atoms with E-state index in [1.54, 1.807) is 6.92 Å². The van der Waals surface area contributed by atoms with Crippen molar-refractivity contribution in [1.82, 2.24) is 0 Å². The summed E-state index contributed by atoms with van der Waals surface area (Å²) in [5.41, 5.74) is 2.17. The van der Waals surface area contributed by atoms with Crippen LogP contribution in [-0.2, 0) is 19.1 Å². The molecule has 5 heteroatoms. The molecule has 1 saturated heterocycles. The third-order valence-electron chi connectivity index (χ3n) is 5.37. The van der Waals surface area contributed by atoms with Crippen molar-refractivity contribution in [3.05, 3.63) is 48.6 Å². The predicted molar refractivity (Wildman–Crippen MR) is 87.7 cm³/mol. The first-order valence-electron chi connectivity index (χ1n) is 8.03. The number of esters is 2. The summed E-state index contributed by atoms with van der Waals surface area (Å²) >= 11 is 0. The van der Waals surface area contributed by atoms with Crippen molar-refractivity contribution < 1.29 is 24.2 Å². The highest BCUT2D eigenvalue weighted by atomic mass is 16.6. The van der Waals surface area contributed by atoms with E-state index in [4.69, 9.17) is 9.47 Å². The van der Waals surface area contributed by atoms with Crippen LogP contribution in [0.25, 0.3) is 0 Å². The third-order valence-corrected chi connectivity index (χ3v) is 5.37. The predicted octanol–water partition coefficient (Wildman–Crippen LogP) is 2.09. The van der Waals surface area contributed by atoms with E-state index in [2.05, 4.69) is 26.3 Å². The van der Waals surface area contributed by atoms with E-state index in [-0.39, 0.29) is 17.4 Å². The molecule has 0 amide bonds. The van der Waals surface area contributed by atoms with Gasteiger partial charge in [-0.25, -0.2) is 9.59 Å². The van der Waals surface area contributed by atoms with Crippen LogP contribution in [0.5, 0.6) is 0 Å². The second-order valence-electron chi connectivity index (χ2n) is 6.97. The summed E-state index contributed by atoms with van der Waals surface area (Å²) < 4.78 is 11.0. The average molecular weight is 330 g/mol. The number of ether oxygens (including phenoxy) is 2. The van der Waals surface area contributed by atoms with E-state index < -0.39 is 36.2 Å². The van der Waals surface area contributed by atoms with E-state index in [9.17, 15) is 14.7 Å². The largest absolute Gasteiger partial charge is 0.458 e. The molecule has 0 unspecified atom stereocenters. The van der Waals surface area contributed by atoms with Crippen LogP contribution < -0.4 is 0 Å². The van der Waals surface area contributed by atoms with Gasteiger partial charge < -0.3 is 14.6 Å². The minimum Gasteiger partial charge on any atom is -0.458 e. The Labute approximate surface area is 141 Å². The van der Waals surface area contributed by atoms with Gasteiger partial charge in [0.2, 0.25) is 0 Å². The molecule has 5 nitrogen and oxygen atoms in total. The van der Waals surface area contributed by atoms with Gasteiger partial charge in [0.25, 0.3) is 0 Å². The zero-order valence-electron chi connectivity index (χ0n) is 13.8. The molecular weight excluding hydrogens is 308 g/mol. The van der Waals surface area contributed by atoms with Gasteiger partial charge in [-0.05, 0) is 31.3 Å². The van der Waals surface area contributed by atoms with Crippen molar-refractivity contribution in [1.29, 1.82) is 0 Å². The molecule has 0 radical (unpaired) electrons. The Morgan fingerprint density at radius 1 is 1.29 bits per heavy atom. The van der Waals surface area contributed by atoms with Gasteiger partial charge in [0.05, 0.1) is 12.0 Å². The molecule has 0 aromatic carbocycles. The molecule has 6 atom stereocenters. The Morgan fingerprint density at radius 3 is 2.58 bits per heavy atom. The Hall–Kier alpha value is -2.14. The number of carbonyl (C=O) groups is 2. The average Bonchev–Trinajstić information content (AvgIpc) is 2.93. The molecule has 0 spiro atoms. The highest BCUT2D eigenvalue weighted by molar-refractivity contribution is 5.91. The molecule has 1 aliphatic heterocycles. The number of fused-ring (bicyclic) bond motifs is 3. The number of rotatable bonds is 2. The molecule has 128 valence electrons. The van der Waals surface area contributed by atoms with E-state index in [0.717, 1.165) is 5.57 Å². The molecule has 1 heterocycles. The normalized spacial score (nSPS) is 38.2. The lowest BCUT2D eigenvalue weighted by molar-refractivity contribution is -0.143. The highest BCUT2D eigenvalue weighted by Gasteiger charge is 2.56. The molecule has 0 aromatic rings. The van der Waals surface area contributed by atoms with Crippen LogP contribution in [0, 0.1) is 17.8 Å². The lowest BCUT2D eigenvalue weighted by Crippen LogP contribution is -2.34. The Bertz CT molecular complexity index is 673. The Balaban J connectivity index is 1.92. The zero-order valence-corrected chi connectivity index (χ0v) is 13.8. The van der Waals surface area contributed by atoms with Crippen molar-refractivity contribution in [3.8, 4) is 0 Å². The van der Waals surface area contributed by atoms with Gasteiger partial charge in [0.1, 0.15) is 12.2 Å². The smallest absolute Gasteiger partial charge is 0.334 e. The number of aliphatic hydroxyl groups excluding tert-OH is 1. The second kappa shape index (κ2) is 5.74. The zero-order chi connectivity index (χ0) is 17.8. The number of aliphatic hydroxyl groups is 1. The van der Waals surface area contributed by atoms with E-state index in [1.807, 2.05) is 0 Å². The van der Waals surface area contributed by atoms with Gasteiger partial charge in [0, 0.05) is 17.1 Å². The Morgan fingerprint density at radius 2 is 1.96 bits per heavy atom. The molecule has 24 heavy (non-hydrogen) atoms. The molecule has 2 saturated carbocycles. The minimum absolute atomic E-state index is 0.0521. The minimum atomic E-state index is -0.753. The summed E-state index contributed by atoms with van der Waals surface area (Å²) in [6, 6.07) is 0. The molecule has 3 rings (SSSR count). The maximum absolute atomic E-state index is 11.9. The monoisotopic (exact) mass is 330 g/mol. The third kappa shape index (κ3) is 2.44. The molecule has 0 bridgehead atoms. The van der Waals surface area contributed by atoms with Gasteiger partial charge >= 0.3 is 11.9 Å². The van der Waals surface area contributed by atoms with Crippen molar-refractivity contribution in [2.24, 2.45) is 17.8 Å². The molecule has 3 fully saturated rings. The maximum Gasteiger partial charge on any atom is 0.334 e. The molecule has 0 aromatic heterocycles. The van der Waals surface area contributed by atoms with Gasteiger partial charge in [-0.1, -0.05) is 31.9 Å². The summed E-state index contributed by atoms with van der Waals surface area (Å²) in [4.78, 5) is 23.8. The van der Waals surface area contributed by atoms with Crippen LogP contribution in [-0.4, -0.2) is 35.4 Å². The second-order valence-corrected chi connectivity index (χ2v) is 6.97. The number of carbonyl (C=O) groups excluding carboxylic acids is 2. The topological polar surface area (TPSA) is 72.8 Å². The van der Waals surface area contributed by atoms with E-state index in [0.29, 0.717) is 24.0 Å². The number of hydrogen-bond acceptors (Lipinski definition) is 5. The molecule has 3 aliphatic rings. The summed E-state index contributed by atoms with van der Waals surface area (Å²) in [5.74, 6) is -1.70. The fraction of sp³-hybridized carbons (Fsp3) is 0.474. The first-order chi connectivity index (χ1) is 11.2. The van der Waals surface area contributed by atoms with Crippen LogP contribution in [0.4, 0.5) is 0 Å². The van der Waals surface area contributed by atoms with Crippen LogP contribution in [0.2, 0.25) is 0 Å². The standard InChI is InChI=1S/C19H22O5/c1-8(2)18(21)23-14-7-12-9(3)6-13(20)16-11(5)19(22)24-17(16)15(12)10(14)4/h12-17,20H,1,3-7H2,2H3/t12-,13-,14-,15-,16+,17+/m0/s1. The number of hydrogen-bond donors (Lipinski definition) is 1. The van der Waals surface area contributed by atoms with Crippen molar-refractivity contribution in [2.75, 3.05) is 0 Å². The van der Waals surface area contributed by atoms with Crippen LogP contribution >= 0.6 is 0 Å². The van der Waals surface area contributed by atoms with Crippen LogP contribution in [0.15, 0.2) is 48.6 Å². The maximum atomic E-state index is 11.9. The van der Waals surface area contributed by atoms with Crippen LogP contribution in [0.3, 0.4) is 0 Å².